The van der Waals surface area contributed by atoms with Crippen molar-refractivity contribution in [2.75, 3.05) is 43.7 Å². The van der Waals surface area contributed by atoms with Gasteiger partial charge in [-0.3, -0.25) is 9.59 Å². The number of anilines is 4. The van der Waals surface area contributed by atoms with Crippen LogP contribution in [0.25, 0.3) is 16.7 Å². The van der Waals surface area contributed by atoms with E-state index in [9.17, 15) is 9.59 Å². The van der Waals surface area contributed by atoms with Crippen molar-refractivity contribution in [2.45, 2.75) is 6.92 Å². The van der Waals surface area contributed by atoms with Gasteiger partial charge in [0.2, 0.25) is 11.9 Å². The van der Waals surface area contributed by atoms with Gasteiger partial charge in [-0.05, 0) is 75.6 Å². The molecule has 0 radical (unpaired) electrons. The number of rotatable bonds is 10. The predicted molar refractivity (Wildman–Crippen MR) is 171 cm³/mol. The Bertz CT molecular complexity index is 1810. The number of fused-ring (bicyclic) bond motifs is 1. The van der Waals surface area contributed by atoms with E-state index in [1.54, 1.807) is 55.8 Å². The van der Waals surface area contributed by atoms with Crippen LogP contribution in [-0.4, -0.2) is 59.0 Å². The first kappa shape index (κ1) is 29.0. The number of nitrogens with one attached hydrogen (secondary N) is 3. The quantitative estimate of drug-likeness (QED) is 0.181. The van der Waals surface area contributed by atoms with Crippen LogP contribution in [0.1, 0.15) is 15.9 Å². The molecular weight excluding hydrogens is 542 g/mol. The summed E-state index contributed by atoms with van der Waals surface area (Å²) < 4.78 is 7.52. The van der Waals surface area contributed by atoms with Gasteiger partial charge >= 0.3 is 0 Å². The Morgan fingerprint density at radius 1 is 0.953 bits per heavy atom. The smallest absolute Gasteiger partial charge is 0.255 e. The van der Waals surface area contributed by atoms with Crippen molar-refractivity contribution < 1.29 is 14.3 Å². The SMILES string of the molecule is COc1cccc2c1ccn2-c1nc(Nc2cccc(NC(=O)c3cccc(NC(=O)/C=C/CN(C)C)c3)c2)ncc1C. The van der Waals surface area contributed by atoms with E-state index in [0.29, 0.717) is 35.1 Å². The highest BCUT2D eigenvalue weighted by Crippen LogP contribution is 2.29. The van der Waals surface area contributed by atoms with E-state index < -0.39 is 0 Å². The molecule has 0 saturated heterocycles. The lowest BCUT2D eigenvalue weighted by Crippen LogP contribution is -2.14. The summed E-state index contributed by atoms with van der Waals surface area (Å²) in [6.07, 6.45) is 6.98. The number of aromatic nitrogens is 3. The molecule has 2 amide bonds. The van der Waals surface area contributed by atoms with E-state index in [1.165, 1.54) is 6.08 Å². The second-order valence-electron chi connectivity index (χ2n) is 10.2. The average Bonchev–Trinajstić information content (AvgIpc) is 3.42. The van der Waals surface area contributed by atoms with E-state index in [4.69, 9.17) is 9.72 Å². The van der Waals surface area contributed by atoms with Crippen molar-refractivity contribution in [1.82, 2.24) is 19.4 Å². The fourth-order valence-electron chi connectivity index (χ4n) is 4.54. The van der Waals surface area contributed by atoms with Gasteiger partial charge in [-0.15, -0.1) is 0 Å². The van der Waals surface area contributed by atoms with Crippen LogP contribution < -0.4 is 20.7 Å². The monoisotopic (exact) mass is 575 g/mol. The van der Waals surface area contributed by atoms with Gasteiger partial charge in [-0.25, -0.2) is 4.98 Å². The zero-order valence-electron chi connectivity index (χ0n) is 24.5. The van der Waals surface area contributed by atoms with Crippen molar-refractivity contribution in [3.63, 3.8) is 0 Å². The van der Waals surface area contributed by atoms with Crippen LogP contribution >= 0.6 is 0 Å². The second kappa shape index (κ2) is 13.0. The zero-order chi connectivity index (χ0) is 30.3. The van der Waals surface area contributed by atoms with Crippen molar-refractivity contribution >= 4 is 45.7 Å². The number of benzene rings is 3. The number of hydrogen-bond acceptors (Lipinski definition) is 7. The lowest BCUT2D eigenvalue weighted by molar-refractivity contribution is -0.111. The highest BCUT2D eigenvalue weighted by molar-refractivity contribution is 6.06. The van der Waals surface area contributed by atoms with Gasteiger partial charge in [0, 0.05) is 58.6 Å². The van der Waals surface area contributed by atoms with Gasteiger partial charge in [0.15, 0.2) is 0 Å². The maximum Gasteiger partial charge on any atom is 0.255 e. The second-order valence-corrected chi connectivity index (χ2v) is 10.2. The van der Waals surface area contributed by atoms with Crippen LogP contribution in [0.4, 0.5) is 23.0 Å². The molecule has 0 fully saturated rings. The molecule has 3 N–H and O–H groups in total. The highest BCUT2D eigenvalue weighted by Gasteiger charge is 2.13. The number of carbonyl (C=O) groups is 2. The van der Waals surface area contributed by atoms with Crippen LogP contribution in [-0.2, 0) is 4.79 Å². The Balaban J connectivity index is 1.29. The topological polar surface area (TPSA) is 113 Å². The first-order valence-electron chi connectivity index (χ1n) is 13.7. The molecule has 0 unspecified atom stereocenters. The lowest BCUT2D eigenvalue weighted by atomic mass is 10.1. The maximum absolute atomic E-state index is 13.0. The molecule has 218 valence electrons. The summed E-state index contributed by atoms with van der Waals surface area (Å²) in [6.45, 7) is 2.62. The lowest BCUT2D eigenvalue weighted by Gasteiger charge is -2.12. The molecule has 0 saturated carbocycles. The van der Waals surface area contributed by atoms with Gasteiger partial charge in [-0.2, -0.15) is 4.98 Å². The molecule has 0 aliphatic heterocycles. The van der Waals surface area contributed by atoms with Gasteiger partial charge in [-0.1, -0.05) is 24.3 Å². The molecule has 0 atom stereocenters. The Hall–Kier alpha value is -5.48. The number of methoxy groups -OCH3 is 1. The van der Waals surface area contributed by atoms with Crippen molar-refractivity contribution in [3.05, 3.63) is 108 Å². The van der Waals surface area contributed by atoms with E-state index in [-0.39, 0.29) is 11.8 Å². The summed E-state index contributed by atoms with van der Waals surface area (Å²) in [5.41, 5.74) is 4.12. The number of carbonyl (C=O) groups excluding carboxylic acids is 2. The largest absolute Gasteiger partial charge is 0.496 e. The average molecular weight is 576 g/mol. The zero-order valence-corrected chi connectivity index (χ0v) is 24.5. The number of ether oxygens (including phenoxy) is 1. The minimum absolute atomic E-state index is 0.260. The van der Waals surface area contributed by atoms with Crippen LogP contribution in [0, 0.1) is 6.92 Å². The normalized spacial score (nSPS) is 11.2. The molecule has 43 heavy (non-hydrogen) atoms. The summed E-state index contributed by atoms with van der Waals surface area (Å²) in [4.78, 5) is 36.4. The van der Waals surface area contributed by atoms with Gasteiger partial charge in [0.25, 0.3) is 5.91 Å². The minimum atomic E-state index is -0.305. The molecule has 10 heteroatoms. The van der Waals surface area contributed by atoms with E-state index in [1.807, 2.05) is 73.1 Å². The molecule has 3 aromatic carbocycles. The minimum Gasteiger partial charge on any atom is -0.496 e. The molecule has 10 nitrogen and oxygen atoms in total. The fourth-order valence-corrected chi connectivity index (χ4v) is 4.54. The molecule has 2 aromatic heterocycles. The van der Waals surface area contributed by atoms with Crippen molar-refractivity contribution in [1.29, 1.82) is 0 Å². The Kier molecular flexibility index (Phi) is 8.78. The molecular formula is C33H33N7O3. The van der Waals surface area contributed by atoms with Crippen molar-refractivity contribution in [2.24, 2.45) is 0 Å². The molecule has 0 aliphatic carbocycles. The number of likely N-dealkylation sites (N-methyl/N-ethyl adjacent to an activating group) is 1. The molecule has 0 bridgehead atoms. The number of amides is 2. The molecule has 5 aromatic rings. The fraction of sp³-hybridized carbons (Fsp3) is 0.152. The standard InChI is InChI=1S/C33H33N7O3/c1-22-21-34-33(38-31(22)40-18-16-27-28(40)13-7-14-29(27)43-4)37-26-12-6-11-25(20-26)36-32(42)23-9-5-10-24(19-23)35-30(41)15-8-17-39(2)3/h5-16,18-21H,17H2,1-4H3,(H,35,41)(H,36,42)(H,34,37,38)/b15-8+. The Labute approximate surface area is 250 Å². The Morgan fingerprint density at radius 3 is 2.49 bits per heavy atom. The molecule has 0 aliphatic rings. The first-order valence-corrected chi connectivity index (χ1v) is 13.7. The number of nitrogens with zero attached hydrogens (tertiary/aromatic N) is 4. The van der Waals surface area contributed by atoms with E-state index in [0.717, 1.165) is 28.0 Å². The predicted octanol–water partition coefficient (Wildman–Crippen LogP) is 5.79. The van der Waals surface area contributed by atoms with Crippen LogP contribution in [0.3, 0.4) is 0 Å². The molecule has 0 spiro atoms. The third kappa shape index (κ3) is 7.06. The summed E-state index contributed by atoms with van der Waals surface area (Å²) in [5.74, 6) is 1.39. The summed E-state index contributed by atoms with van der Waals surface area (Å²) in [6, 6.07) is 22.0. The molecule has 5 rings (SSSR count). The third-order valence-corrected chi connectivity index (χ3v) is 6.59. The number of aryl methyl sites for hydroxylation is 1. The van der Waals surface area contributed by atoms with Crippen molar-refractivity contribution in [3.8, 4) is 11.6 Å². The summed E-state index contributed by atoms with van der Waals surface area (Å²) in [5, 5.41) is 9.94. The van der Waals surface area contributed by atoms with Gasteiger partial charge in [0.05, 0.1) is 12.6 Å². The van der Waals surface area contributed by atoms with Gasteiger partial charge in [0.1, 0.15) is 11.6 Å². The van der Waals surface area contributed by atoms with Crippen LogP contribution in [0.5, 0.6) is 5.75 Å². The van der Waals surface area contributed by atoms with E-state index >= 15 is 0 Å². The molecule has 2 heterocycles. The number of hydrogen-bond donors (Lipinski definition) is 3. The summed E-state index contributed by atoms with van der Waals surface area (Å²) in [7, 11) is 5.50. The third-order valence-electron chi connectivity index (χ3n) is 6.59. The van der Waals surface area contributed by atoms with Crippen LogP contribution in [0.2, 0.25) is 0 Å². The van der Waals surface area contributed by atoms with Crippen LogP contribution in [0.15, 0.2) is 97.3 Å². The maximum atomic E-state index is 13.0. The van der Waals surface area contributed by atoms with E-state index in [2.05, 4.69) is 20.9 Å². The van der Waals surface area contributed by atoms with Gasteiger partial charge < -0.3 is 30.2 Å². The Morgan fingerprint density at radius 2 is 1.70 bits per heavy atom. The highest BCUT2D eigenvalue weighted by atomic mass is 16.5. The first-order chi connectivity index (χ1) is 20.8. The summed E-state index contributed by atoms with van der Waals surface area (Å²) >= 11 is 0.